The lowest BCUT2D eigenvalue weighted by molar-refractivity contribution is -0.137. The van der Waals surface area contributed by atoms with Crippen LogP contribution in [0.25, 0.3) is 0 Å². The summed E-state index contributed by atoms with van der Waals surface area (Å²) in [6, 6.07) is 9.10. The molecular weight excluding hydrogens is 230 g/mol. The minimum absolute atomic E-state index is 0.203. The van der Waals surface area contributed by atoms with Crippen molar-refractivity contribution in [1.29, 1.82) is 5.26 Å². The third kappa shape index (κ3) is 2.29. The van der Waals surface area contributed by atoms with Crippen molar-refractivity contribution in [2.75, 3.05) is 18.0 Å². The number of carbonyl (C=O) groups excluding carboxylic acids is 1. The zero-order valence-electron chi connectivity index (χ0n) is 9.97. The Kier molecular flexibility index (Phi) is 3.21. The fourth-order valence-corrected chi connectivity index (χ4v) is 2.20. The summed E-state index contributed by atoms with van der Waals surface area (Å²) in [5.41, 5.74) is 5.24. The molecule has 1 fully saturated rings. The first-order chi connectivity index (χ1) is 8.55. The van der Waals surface area contributed by atoms with E-state index in [1.807, 2.05) is 23.1 Å². The number of nitriles is 1. The van der Waals surface area contributed by atoms with Crippen molar-refractivity contribution in [2.24, 2.45) is 5.73 Å². The third-order valence-electron chi connectivity index (χ3n) is 3.29. The first kappa shape index (κ1) is 12.4. The average Bonchev–Trinajstić information content (AvgIpc) is 2.39. The SMILES string of the molecule is N#Cc1ccc(N2CCCC(O)(C(N)=O)C2)cc1. The van der Waals surface area contributed by atoms with E-state index in [2.05, 4.69) is 0 Å². The van der Waals surface area contributed by atoms with Crippen molar-refractivity contribution < 1.29 is 9.90 Å². The van der Waals surface area contributed by atoms with E-state index in [9.17, 15) is 9.90 Å². The number of aliphatic hydroxyl groups is 1. The number of anilines is 1. The molecule has 5 heteroatoms. The Balaban J connectivity index is 2.18. The standard InChI is InChI=1S/C13H15N3O2/c14-8-10-2-4-11(5-3-10)16-7-1-6-13(18,9-16)12(15)17/h2-5,18H,1,6-7,9H2,(H2,15,17). The highest BCUT2D eigenvalue weighted by Gasteiger charge is 2.38. The molecule has 1 unspecified atom stereocenters. The van der Waals surface area contributed by atoms with Crippen molar-refractivity contribution in [3.8, 4) is 6.07 Å². The number of β-amino-alcohol motifs (C(OH)–C–C–N with tert-alkyl or cyclic N) is 1. The molecule has 0 radical (unpaired) electrons. The number of primary amides is 1. The van der Waals surface area contributed by atoms with Crippen LogP contribution in [0.15, 0.2) is 24.3 Å². The molecule has 0 saturated carbocycles. The van der Waals surface area contributed by atoms with E-state index in [0.717, 1.165) is 12.2 Å². The van der Waals surface area contributed by atoms with E-state index < -0.39 is 11.5 Å². The minimum Gasteiger partial charge on any atom is -0.378 e. The fourth-order valence-electron chi connectivity index (χ4n) is 2.20. The van der Waals surface area contributed by atoms with Gasteiger partial charge in [-0.05, 0) is 37.1 Å². The molecule has 1 aromatic rings. The summed E-state index contributed by atoms with van der Waals surface area (Å²) in [5, 5.41) is 18.8. The van der Waals surface area contributed by atoms with Gasteiger partial charge in [0, 0.05) is 12.2 Å². The van der Waals surface area contributed by atoms with Crippen molar-refractivity contribution >= 4 is 11.6 Å². The number of nitrogens with zero attached hydrogens (tertiary/aromatic N) is 2. The number of hydrogen-bond donors (Lipinski definition) is 2. The lowest BCUT2D eigenvalue weighted by atomic mass is 9.92. The molecule has 1 saturated heterocycles. The molecule has 1 aliphatic heterocycles. The van der Waals surface area contributed by atoms with Crippen LogP contribution >= 0.6 is 0 Å². The molecule has 2 rings (SSSR count). The number of amides is 1. The van der Waals surface area contributed by atoms with Gasteiger partial charge in [0.1, 0.15) is 0 Å². The molecule has 0 aliphatic carbocycles. The van der Waals surface area contributed by atoms with Crippen LogP contribution in [0.1, 0.15) is 18.4 Å². The predicted molar refractivity (Wildman–Crippen MR) is 66.7 cm³/mol. The second kappa shape index (κ2) is 4.67. The first-order valence-electron chi connectivity index (χ1n) is 5.82. The molecular formula is C13H15N3O2. The van der Waals surface area contributed by atoms with Gasteiger partial charge in [-0.3, -0.25) is 4.79 Å². The van der Waals surface area contributed by atoms with Gasteiger partial charge in [0.25, 0.3) is 5.91 Å². The zero-order chi connectivity index (χ0) is 13.2. The maximum atomic E-state index is 11.3. The summed E-state index contributed by atoms with van der Waals surface area (Å²) in [6.45, 7) is 0.968. The number of piperidine rings is 1. The topological polar surface area (TPSA) is 90.3 Å². The largest absolute Gasteiger partial charge is 0.378 e. The summed E-state index contributed by atoms with van der Waals surface area (Å²) in [7, 11) is 0. The highest BCUT2D eigenvalue weighted by molar-refractivity contribution is 5.84. The van der Waals surface area contributed by atoms with Gasteiger partial charge in [-0.15, -0.1) is 0 Å². The van der Waals surface area contributed by atoms with Crippen LogP contribution in [0, 0.1) is 11.3 Å². The minimum atomic E-state index is -1.45. The van der Waals surface area contributed by atoms with Crippen LogP contribution < -0.4 is 10.6 Å². The van der Waals surface area contributed by atoms with E-state index in [4.69, 9.17) is 11.0 Å². The molecule has 1 heterocycles. The van der Waals surface area contributed by atoms with Crippen LogP contribution in [-0.4, -0.2) is 29.7 Å². The Morgan fingerprint density at radius 2 is 2.11 bits per heavy atom. The van der Waals surface area contributed by atoms with E-state index in [0.29, 0.717) is 18.4 Å². The Morgan fingerprint density at radius 1 is 1.44 bits per heavy atom. The molecule has 18 heavy (non-hydrogen) atoms. The molecule has 1 aromatic carbocycles. The van der Waals surface area contributed by atoms with Crippen molar-refractivity contribution in [2.45, 2.75) is 18.4 Å². The molecule has 0 bridgehead atoms. The molecule has 1 aliphatic rings. The van der Waals surface area contributed by atoms with Gasteiger partial charge in [-0.1, -0.05) is 0 Å². The molecule has 5 nitrogen and oxygen atoms in total. The second-order valence-electron chi connectivity index (χ2n) is 4.58. The predicted octanol–water partition coefficient (Wildman–Crippen LogP) is 0.375. The van der Waals surface area contributed by atoms with Crippen LogP contribution in [0.2, 0.25) is 0 Å². The zero-order valence-corrected chi connectivity index (χ0v) is 9.97. The van der Waals surface area contributed by atoms with E-state index in [1.54, 1.807) is 12.1 Å². The highest BCUT2D eigenvalue weighted by Crippen LogP contribution is 2.26. The fraction of sp³-hybridized carbons (Fsp3) is 0.385. The van der Waals surface area contributed by atoms with E-state index in [1.165, 1.54) is 0 Å². The Morgan fingerprint density at radius 3 is 2.67 bits per heavy atom. The van der Waals surface area contributed by atoms with Crippen LogP contribution in [0.5, 0.6) is 0 Å². The Hall–Kier alpha value is -2.06. The lowest BCUT2D eigenvalue weighted by Gasteiger charge is -2.38. The van der Waals surface area contributed by atoms with Gasteiger partial charge in [-0.25, -0.2) is 0 Å². The number of rotatable bonds is 2. The lowest BCUT2D eigenvalue weighted by Crippen LogP contribution is -2.56. The van der Waals surface area contributed by atoms with Gasteiger partial charge in [-0.2, -0.15) is 5.26 Å². The summed E-state index contributed by atoms with van der Waals surface area (Å²) in [5.74, 6) is -0.680. The van der Waals surface area contributed by atoms with E-state index >= 15 is 0 Å². The summed E-state index contributed by atoms with van der Waals surface area (Å²) in [6.07, 6.45) is 1.11. The summed E-state index contributed by atoms with van der Waals surface area (Å²) < 4.78 is 0. The summed E-state index contributed by atoms with van der Waals surface area (Å²) in [4.78, 5) is 13.2. The van der Waals surface area contributed by atoms with Crippen molar-refractivity contribution in [3.05, 3.63) is 29.8 Å². The van der Waals surface area contributed by atoms with E-state index in [-0.39, 0.29) is 6.54 Å². The number of nitrogens with two attached hydrogens (primary N) is 1. The molecule has 94 valence electrons. The molecule has 0 aromatic heterocycles. The smallest absolute Gasteiger partial charge is 0.251 e. The maximum Gasteiger partial charge on any atom is 0.251 e. The molecule has 3 N–H and O–H groups in total. The molecule has 1 atom stereocenters. The molecule has 0 spiro atoms. The maximum absolute atomic E-state index is 11.3. The number of hydrogen-bond acceptors (Lipinski definition) is 4. The van der Waals surface area contributed by atoms with Gasteiger partial charge in [0.15, 0.2) is 5.60 Å². The van der Waals surface area contributed by atoms with Crippen LogP contribution in [0.3, 0.4) is 0 Å². The van der Waals surface area contributed by atoms with Gasteiger partial charge >= 0.3 is 0 Å². The van der Waals surface area contributed by atoms with Crippen LogP contribution in [-0.2, 0) is 4.79 Å². The van der Waals surface area contributed by atoms with Crippen molar-refractivity contribution in [1.82, 2.24) is 0 Å². The highest BCUT2D eigenvalue weighted by atomic mass is 16.3. The monoisotopic (exact) mass is 245 g/mol. The van der Waals surface area contributed by atoms with Crippen molar-refractivity contribution in [3.63, 3.8) is 0 Å². The van der Waals surface area contributed by atoms with Gasteiger partial charge in [0.05, 0.1) is 18.2 Å². The summed E-state index contributed by atoms with van der Waals surface area (Å²) >= 11 is 0. The number of benzene rings is 1. The molecule has 1 amide bonds. The Labute approximate surface area is 105 Å². The number of carbonyl (C=O) groups is 1. The average molecular weight is 245 g/mol. The van der Waals surface area contributed by atoms with Crippen LogP contribution in [0.4, 0.5) is 5.69 Å². The third-order valence-corrected chi connectivity index (χ3v) is 3.29. The van der Waals surface area contributed by atoms with Gasteiger partial charge in [0.2, 0.25) is 0 Å². The second-order valence-corrected chi connectivity index (χ2v) is 4.58. The quantitative estimate of drug-likeness (QED) is 0.787. The Bertz CT molecular complexity index is 492. The first-order valence-corrected chi connectivity index (χ1v) is 5.82. The van der Waals surface area contributed by atoms with Gasteiger partial charge < -0.3 is 15.7 Å². The normalized spacial score (nSPS) is 23.4.